The van der Waals surface area contributed by atoms with Crippen LogP contribution in [-0.4, -0.2) is 31.0 Å². The Labute approximate surface area is 157 Å². The monoisotopic (exact) mass is 354 g/mol. The van der Waals surface area contributed by atoms with E-state index in [9.17, 15) is 4.79 Å². The van der Waals surface area contributed by atoms with E-state index in [1.165, 1.54) is 11.1 Å². The van der Waals surface area contributed by atoms with Crippen molar-refractivity contribution in [2.45, 2.75) is 47.2 Å². The first-order valence-electron chi connectivity index (χ1n) is 8.95. The fourth-order valence-corrected chi connectivity index (χ4v) is 3.27. The zero-order valence-electron chi connectivity index (χ0n) is 16.9. The lowest BCUT2D eigenvalue weighted by Crippen LogP contribution is -2.39. The summed E-state index contributed by atoms with van der Waals surface area (Å²) in [6.07, 6.45) is 0. The molecule has 26 heavy (non-hydrogen) atoms. The predicted octanol–water partition coefficient (Wildman–Crippen LogP) is 4.39. The lowest BCUT2D eigenvalue weighted by molar-refractivity contribution is -0.120. The van der Waals surface area contributed by atoms with Crippen LogP contribution in [0.15, 0.2) is 30.3 Å². The molecule has 2 aromatic carbocycles. The van der Waals surface area contributed by atoms with E-state index in [4.69, 9.17) is 4.74 Å². The molecule has 0 aliphatic heterocycles. The number of nitrogens with zero attached hydrogens (tertiary/aromatic N) is 1. The fourth-order valence-electron chi connectivity index (χ4n) is 3.27. The summed E-state index contributed by atoms with van der Waals surface area (Å²) < 4.78 is 5.43. The van der Waals surface area contributed by atoms with Crippen molar-refractivity contribution in [2.24, 2.45) is 0 Å². The molecule has 0 fully saturated rings. The summed E-state index contributed by atoms with van der Waals surface area (Å²) in [6, 6.07) is 10.1. The van der Waals surface area contributed by atoms with Crippen LogP contribution in [0.1, 0.15) is 34.7 Å². The van der Waals surface area contributed by atoms with Gasteiger partial charge in [0, 0.05) is 12.2 Å². The summed E-state index contributed by atoms with van der Waals surface area (Å²) in [6.45, 7) is 10.8. The highest BCUT2D eigenvalue weighted by Gasteiger charge is 2.19. The fraction of sp³-hybridized carbons (Fsp3) is 0.409. The Morgan fingerprint density at radius 2 is 1.69 bits per heavy atom. The van der Waals surface area contributed by atoms with E-state index >= 15 is 0 Å². The van der Waals surface area contributed by atoms with E-state index in [1.54, 1.807) is 7.11 Å². The van der Waals surface area contributed by atoms with E-state index < -0.39 is 0 Å². The van der Waals surface area contributed by atoms with E-state index in [2.05, 4.69) is 28.4 Å². The summed E-state index contributed by atoms with van der Waals surface area (Å²) in [5.74, 6) is 0.929. The Bertz CT molecular complexity index is 776. The van der Waals surface area contributed by atoms with Gasteiger partial charge in [-0.3, -0.25) is 9.69 Å². The topological polar surface area (TPSA) is 41.6 Å². The van der Waals surface area contributed by atoms with Crippen molar-refractivity contribution in [3.8, 4) is 5.75 Å². The van der Waals surface area contributed by atoms with Gasteiger partial charge in [-0.15, -0.1) is 0 Å². The number of carbonyl (C=O) groups is 1. The number of hydrogen-bond donors (Lipinski definition) is 1. The lowest BCUT2D eigenvalue weighted by atomic mass is 10.0. The SMILES string of the molecule is COc1c(C)cc(CN(C)C(C)C(=O)Nc2ccc(C)cc2C)cc1C. The zero-order valence-corrected chi connectivity index (χ0v) is 16.9. The minimum Gasteiger partial charge on any atom is -0.496 e. The molecule has 1 N–H and O–H groups in total. The molecule has 0 aliphatic carbocycles. The number of rotatable bonds is 6. The molecule has 0 radical (unpaired) electrons. The van der Waals surface area contributed by atoms with Gasteiger partial charge in [-0.25, -0.2) is 0 Å². The number of ether oxygens (including phenoxy) is 1. The molecule has 140 valence electrons. The third-order valence-corrected chi connectivity index (χ3v) is 4.84. The van der Waals surface area contributed by atoms with E-state index in [0.717, 1.165) is 28.1 Å². The van der Waals surface area contributed by atoms with Gasteiger partial charge >= 0.3 is 0 Å². The number of aryl methyl sites for hydroxylation is 4. The molecule has 4 heteroatoms. The number of hydrogen-bond acceptors (Lipinski definition) is 3. The largest absolute Gasteiger partial charge is 0.496 e. The van der Waals surface area contributed by atoms with Crippen molar-refractivity contribution in [3.05, 3.63) is 58.1 Å². The highest BCUT2D eigenvalue weighted by molar-refractivity contribution is 5.95. The van der Waals surface area contributed by atoms with Crippen LogP contribution < -0.4 is 10.1 Å². The van der Waals surface area contributed by atoms with Gasteiger partial charge in [0.25, 0.3) is 0 Å². The molecule has 1 atom stereocenters. The van der Waals surface area contributed by atoms with Gasteiger partial charge in [-0.05, 0) is 70.0 Å². The van der Waals surface area contributed by atoms with Crippen LogP contribution >= 0.6 is 0 Å². The highest BCUT2D eigenvalue weighted by Crippen LogP contribution is 2.25. The Hall–Kier alpha value is -2.33. The first kappa shape index (κ1) is 20.0. The third-order valence-electron chi connectivity index (χ3n) is 4.84. The van der Waals surface area contributed by atoms with E-state index in [0.29, 0.717) is 6.54 Å². The molecule has 0 saturated heterocycles. The average molecular weight is 354 g/mol. The van der Waals surface area contributed by atoms with Crippen molar-refractivity contribution >= 4 is 11.6 Å². The molecule has 1 amide bonds. The Balaban J connectivity index is 2.06. The van der Waals surface area contributed by atoms with Gasteiger partial charge in [0.05, 0.1) is 13.2 Å². The van der Waals surface area contributed by atoms with E-state index in [-0.39, 0.29) is 11.9 Å². The van der Waals surface area contributed by atoms with Crippen LogP contribution in [0.4, 0.5) is 5.69 Å². The maximum Gasteiger partial charge on any atom is 0.241 e. The summed E-state index contributed by atoms with van der Waals surface area (Å²) >= 11 is 0. The normalized spacial score (nSPS) is 12.2. The Morgan fingerprint density at radius 1 is 1.08 bits per heavy atom. The summed E-state index contributed by atoms with van der Waals surface area (Å²) in [5.41, 5.74) is 6.54. The van der Waals surface area contributed by atoms with Crippen molar-refractivity contribution in [1.29, 1.82) is 0 Å². The number of benzene rings is 2. The molecular weight excluding hydrogens is 324 g/mol. The Kier molecular flexibility index (Phi) is 6.43. The molecule has 2 rings (SSSR count). The molecule has 2 aromatic rings. The van der Waals surface area contributed by atoms with Crippen LogP contribution in [0.25, 0.3) is 0 Å². The summed E-state index contributed by atoms with van der Waals surface area (Å²) in [5, 5.41) is 3.04. The van der Waals surface area contributed by atoms with Crippen LogP contribution in [0.3, 0.4) is 0 Å². The third kappa shape index (κ3) is 4.64. The zero-order chi connectivity index (χ0) is 19.4. The van der Waals surface area contributed by atoms with Crippen LogP contribution in [0, 0.1) is 27.7 Å². The second-order valence-corrected chi connectivity index (χ2v) is 7.16. The molecule has 0 heterocycles. The quantitative estimate of drug-likeness (QED) is 0.836. The second-order valence-electron chi connectivity index (χ2n) is 7.16. The first-order chi connectivity index (χ1) is 12.2. The second kappa shape index (κ2) is 8.37. The molecule has 0 saturated carbocycles. The molecule has 0 bridgehead atoms. The van der Waals surface area contributed by atoms with Crippen LogP contribution in [-0.2, 0) is 11.3 Å². The molecule has 4 nitrogen and oxygen atoms in total. The van der Waals surface area contributed by atoms with Gasteiger partial charge in [-0.2, -0.15) is 0 Å². The van der Waals surface area contributed by atoms with Gasteiger partial charge in [0.15, 0.2) is 0 Å². The summed E-state index contributed by atoms with van der Waals surface area (Å²) in [4.78, 5) is 14.7. The molecular formula is C22H30N2O2. The maximum absolute atomic E-state index is 12.6. The smallest absolute Gasteiger partial charge is 0.241 e. The molecule has 0 aromatic heterocycles. The van der Waals surface area contributed by atoms with Crippen molar-refractivity contribution in [2.75, 3.05) is 19.5 Å². The molecule has 0 spiro atoms. The number of likely N-dealkylation sites (N-methyl/N-ethyl adjacent to an activating group) is 1. The van der Waals surface area contributed by atoms with Gasteiger partial charge in [-0.1, -0.05) is 29.8 Å². The summed E-state index contributed by atoms with van der Waals surface area (Å²) in [7, 11) is 3.67. The number of amides is 1. The van der Waals surface area contributed by atoms with Gasteiger partial charge < -0.3 is 10.1 Å². The first-order valence-corrected chi connectivity index (χ1v) is 8.95. The minimum atomic E-state index is -0.238. The number of carbonyl (C=O) groups excluding carboxylic acids is 1. The number of methoxy groups -OCH3 is 1. The van der Waals surface area contributed by atoms with Gasteiger partial charge in [0.1, 0.15) is 5.75 Å². The maximum atomic E-state index is 12.6. The van der Waals surface area contributed by atoms with Crippen molar-refractivity contribution in [3.63, 3.8) is 0 Å². The standard InChI is InChI=1S/C22H30N2O2/c1-14-8-9-20(15(2)10-14)23-22(25)18(5)24(6)13-19-11-16(3)21(26-7)17(4)12-19/h8-12,18H,13H2,1-7H3,(H,23,25). The minimum absolute atomic E-state index is 0.00130. The van der Waals surface area contributed by atoms with Crippen molar-refractivity contribution < 1.29 is 9.53 Å². The van der Waals surface area contributed by atoms with E-state index in [1.807, 2.05) is 53.8 Å². The number of anilines is 1. The van der Waals surface area contributed by atoms with Crippen molar-refractivity contribution in [1.82, 2.24) is 4.90 Å². The van der Waals surface area contributed by atoms with Gasteiger partial charge in [0.2, 0.25) is 5.91 Å². The molecule has 1 unspecified atom stereocenters. The number of nitrogens with one attached hydrogen (secondary N) is 1. The predicted molar refractivity (Wildman–Crippen MR) is 108 cm³/mol. The van der Waals surface area contributed by atoms with Crippen LogP contribution in [0.5, 0.6) is 5.75 Å². The lowest BCUT2D eigenvalue weighted by Gasteiger charge is -2.25. The highest BCUT2D eigenvalue weighted by atomic mass is 16.5. The molecule has 0 aliphatic rings. The Morgan fingerprint density at radius 3 is 2.23 bits per heavy atom. The average Bonchev–Trinajstić information content (AvgIpc) is 2.56. The van der Waals surface area contributed by atoms with Crippen LogP contribution in [0.2, 0.25) is 0 Å².